The third-order valence-corrected chi connectivity index (χ3v) is 6.96. The molecule has 0 saturated heterocycles. The van der Waals surface area contributed by atoms with Gasteiger partial charge in [0.05, 0.1) is 17.0 Å². The van der Waals surface area contributed by atoms with Gasteiger partial charge < -0.3 is 0 Å². The Labute approximate surface area is 178 Å². The third-order valence-electron chi connectivity index (χ3n) is 5.48. The van der Waals surface area contributed by atoms with Crippen molar-refractivity contribution in [2.24, 2.45) is 0 Å². The number of carbonyl (C=O) groups excluding carboxylic acids is 1. The molecule has 31 heavy (non-hydrogen) atoms. The Morgan fingerprint density at radius 3 is 2.74 bits per heavy atom. The lowest BCUT2D eigenvalue weighted by atomic mass is 9.82. The fourth-order valence-corrected chi connectivity index (χ4v) is 4.85. The minimum absolute atomic E-state index is 0.215. The summed E-state index contributed by atoms with van der Waals surface area (Å²) in [5.74, 6) is -2.92. The maximum atomic E-state index is 14.9. The summed E-state index contributed by atoms with van der Waals surface area (Å²) in [7, 11) is -3.79. The lowest BCUT2D eigenvalue weighted by Crippen LogP contribution is -2.19. The van der Waals surface area contributed by atoms with E-state index >= 15 is 0 Å². The van der Waals surface area contributed by atoms with E-state index in [1.54, 1.807) is 13.0 Å². The summed E-state index contributed by atoms with van der Waals surface area (Å²) in [5, 5.41) is 7.99. The van der Waals surface area contributed by atoms with E-state index < -0.39 is 38.7 Å². The van der Waals surface area contributed by atoms with Gasteiger partial charge in [0.2, 0.25) is 10.0 Å². The van der Waals surface area contributed by atoms with Crippen molar-refractivity contribution >= 4 is 32.5 Å². The highest BCUT2D eigenvalue weighted by Gasteiger charge is 2.25. The highest BCUT2D eigenvalue weighted by Crippen LogP contribution is 2.38. The van der Waals surface area contributed by atoms with Crippen molar-refractivity contribution in [3.8, 4) is 0 Å². The molecule has 1 fully saturated rings. The Balaban J connectivity index is 1.62. The van der Waals surface area contributed by atoms with Crippen LogP contribution in [0.1, 0.15) is 60.1 Å². The van der Waals surface area contributed by atoms with Crippen molar-refractivity contribution in [1.29, 1.82) is 0 Å². The zero-order valence-electron chi connectivity index (χ0n) is 16.9. The summed E-state index contributed by atoms with van der Waals surface area (Å²) in [5.41, 5.74) is 0.767. The molecule has 1 saturated carbocycles. The van der Waals surface area contributed by atoms with Gasteiger partial charge in [0.25, 0.3) is 0 Å². The van der Waals surface area contributed by atoms with Crippen LogP contribution in [0.2, 0.25) is 0 Å². The van der Waals surface area contributed by atoms with Gasteiger partial charge in [-0.3, -0.25) is 14.6 Å². The molecular weight excluding hydrogens is 426 g/mol. The molecule has 2 heterocycles. The zero-order valence-corrected chi connectivity index (χ0v) is 17.7. The molecule has 2 N–H and O–H groups in total. The summed E-state index contributed by atoms with van der Waals surface area (Å²) < 4.78 is 55.2. The second kappa shape index (κ2) is 8.33. The Morgan fingerprint density at radius 1 is 1.29 bits per heavy atom. The van der Waals surface area contributed by atoms with Gasteiger partial charge in [-0.2, -0.15) is 5.10 Å². The Morgan fingerprint density at radius 2 is 2.06 bits per heavy atom. The van der Waals surface area contributed by atoms with Gasteiger partial charge in [-0.05, 0) is 43.0 Å². The molecule has 0 amide bonds. The number of H-pyrrole nitrogens is 1. The van der Waals surface area contributed by atoms with Crippen LogP contribution >= 0.6 is 0 Å². The number of aromatic amines is 1. The van der Waals surface area contributed by atoms with E-state index in [0.717, 1.165) is 42.5 Å². The topological polar surface area (TPSA) is 105 Å². The molecule has 164 valence electrons. The number of nitrogens with one attached hydrogen (secondary N) is 2. The molecule has 0 atom stereocenters. The van der Waals surface area contributed by atoms with E-state index in [4.69, 9.17) is 0 Å². The van der Waals surface area contributed by atoms with E-state index in [1.165, 1.54) is 6.20 Å². The summed E-state index contributed by atoms with van der Waals surface area (Å²) in [4.78, 5) is 17.0. The maximum Gasteiger partial charge on any atom is 0.232 e. The predicted octanol–water partition coefficient (Wildman–Crippen LogP) is 4.08. The van der Waals surface area contributed by atoms with Gasteiger partial charge >= 0.3 is 0 Å². The third kappa shape index (κ3) is 4.30. The van der Waals surface area contributed by atoms with Crippen molar-refractivity contribution < 1.29 is 22.0 Å². The minimum atomic E-state index is -3.79. The summed E-state index contributed by atoms with van der Waals surface area (Å²) in [6.45, 7) is 1.66. The van der Waals surface area contributed by atoms with Crippen LogP contribution in [0.15, 0.2) is 24.4 Å². The van der Waals surface area contributed by atoms with Crippen molar-refractivity contribution in [1.82, 2.24) is 15.2 Å². The average molecular weight is 448 g/mol. The smallest absolute Gasteiger partial charge is 0.232 e. The van der Waals surface area contributed by atoms with Crippen molar-refractivity contribution in [2.45, 2.75) is 44.9 Å². The van der Waals surface area contributed by atoms with Gasteiger partial charge in [0.1, 0.15) is 5.82 Å². The average Bonchev–Trinajstić information content (AvgIpc) is 3.06. The SMILES string of the molecule is CCCS(=O)(=O)Nc1ccc(F)c(C(=O)Cc2cnc3n[nH]c(C4CCC4)c3c2)c1F. The van der Waals surface area contributed by atoms with Crippen LogP contribution in [0, 0.1) is 11.6 Å². The molecule has 0 bridgehead atoms. The number of hydrogen-bond donors (Lipinski definition) is 2. The summed E-state index contributed by atoms with van der Waals surface area (Å²) in [6, 6.07) is 3.62. The number of hydrogen-bond acceptors (Lipinski definition) is 5. The van der Waals surface area contributed by atoms with Crippen LogP contribution in [-0.2, 0) is 16.4 Å². The van der Waals surface area contributed by atoms with Crippen LogP contribution in [0.5, 0.6) is 0 Å². The van der Waals surface area contributed by atoms with Gasteiger partial charge in [-0.1, -0.05) is 13.3 Å². The monoisotopic (exact) mass is 448 g/mol. The van der Waals surface area contributed by atoms with E-state index in [0.29, 0.717) is 23.5 Å². The van der Waals surface area contributed by atoms with Crippen LogP contribution < -0.4 is 4.72 Å². The first-order valence-electron chi connectivity index (χ1n) is 10.1. The lowest BCUT2D eigenvalue weighted by Gasteiger charge is -2.24. The molecule has 4 rings (SSSR count). The van der Waals surface area contributed by atoms with Gasteiger partial charge in [-0.15, -0.1) is 0 Å². The van der Waals surface area contributed by atoms with Crippen LogP contribution in [-0.4, -0.2) is 35.1 Å². The molecule has 2 aromatic heterocycles. The number of anilines is 1. The number of Topliss-reactive ketones (excluding diaryl/α,β-unsaturated/α-hetero) is 1. The summed E-state index contributed by atoms with van der Waals surface area (Å²) in [6.07, 6.45) is 4.76. The van der Waals surface area contributed by atoms with E-state index in [1.807, 2.05) is 0 Å². The Bertz CT molecular complexity index is 1250. The first-order chi connectivity index (χ1) is 14.8. The fraction of sp³-hybridized carbons (Fsp3) is 0.381. The molecule has 0 unspecified atom stereocenters. The number of ketones is 1. The number of pyridine rings is 1. The number of carbonyl (C=O) groups is 1. The number of fused-ring (bicyclic) bond motifs is 1. The first kappa shape index (κ1) is 21.4. The van der Waals surface area contributed by atoms with Crippen molar-refractivity contribution in [3.05, 3.63) is 52.9 Å². The summed E-state index contributed by atoms with van der Waals surface area (Å²) >= 11 is 0. The standard InChI is InChI=1S/C21H22F2N4O3S/c1-2-8-31(29,30)27-16-7-6-15(22)18(19(16)23)17(28)10-12-9-14-20(13-4-3-5-13)25-26-21(14)24-11-12/h6-7,9,11,13,27H,2-5,8,10H2,1H3,(H,24,25,26). The molecule has 1 aromatic carbocycles. The zero-order chi connectivity index (χ0) is 22.2. The van der Waals surface area contributed by atoms with E-state index in [9.17, 15) is 22.0 Å². The highest BCUT2D eigenvalue weighted by molar-refractivity contribution is 7.92. The molecule has 0 radical (unpaired) electrons. The Kier molecular flexibility index (Phi) is 5.74. The molecular formula is C21H22F2N4O3S. The molecule has 3 aromatic rings. The largest absolute Gasteiger partial charge is 0.294 e. The Hall–Kier alpha value is -2.88. The minimum Gasteiger partial charge on any atom is -0.294 e. The van der Waals surface area contributed by atoms with Gasteiger partial charge in [-0.25, -0.2) is 22.2 Å². The van der Waals surface area contributed by atoms with Crippen molar-refractivity contribution in [3.63, 3.8) is 0 Å². The maximum absolute atomic E-state index is 14.9. The molecule has 10 heteroatoms. The number of benzene rings is 1. The molecule has 1 aliphatic rings. The van der Waals surface area contributed by atoms with Gasteiger partial charge in [0, 0.05) is 29.6 Å². The predicted molar refractivity (Wildman–Crippen MR) is 113 cm³/mol. The van der Waals surface area contributed by atoms with E-state index in [-0.39, 0.29) is 12.2 Å². The number of nitrogens with zero attached hydrogens (tertiary/aromatic N) is 2. The second-order valence-corrected chi connectivity index (χ2v) is 9.63. The van der Waals surface area contributed by atoms with Crippen LogP contribution in [0.3, 0.4) is 0 Å². The number of rotatable bonds is 8. The molecule has 7 nitrogen and oxygen atoms in total. The van der Waals surface area contributed by atoms with Gasteiger partial charge in [0.15, 0.2) is 17.2 Å². The normalized spacial score (nSPS) is 14.5. The lowest BCUT2D eigenvalue weighted by molar-refractivity contribution is 0.0985. The quantitative estimate of drug-likeness (QED) is 0.505. The van der Waals surface area contributed by atoms with E-state index in [2.05, 4.69) is 19.9 Å². The first-order valence-corrected chi connectivity index (χ1v) is 11.8. The van der Waals surface area contributed by atoms with Crippen LogP contribution in [0.4, 0.5) is 14.5 Å². The molecule has 0 spiro atoms. The molecule has 0 aliphatic heterocycles. The highest BCUT2D eigenvalue weighted by atomic mass is 32.2. The number of sulfonamides is 1. The van der Waals surface area contributed by atoms with Crippen molar-refractivity contribution in [2.75, 3.05) is 10.5 Å². The fourth-order valence-electron chi connectivity index (χ4n) is 3.71. The second-order valence-electron chi connectivity index (χ2n) is 7.78. The molecule has 1 aliphatic carbocycles. The van der Waals surface area contributed by atoms with Crippen LogP contribution in [0.25, 0.3) is 11.0 Å². The number of aromatic nitrogens is 3. The number of halogens is 2.